The molecule has 1 aromatic heterocycles. The smallest absolute Gasteiger partial charge is 0.326 e. The molecule has 0 aliphatic heterocycles. The minimum Gasteiger partial charge on any atom is -0.480 e. The zero-order chi connectivity index (χ0) is 14.7. The molecule has 0 aromatic carbocycles. The topological polar surface area (TPSA) is 66.4 Å². The number of hydrogen-bond acceptors (Lipinski definition) is 3. The first-order chi connectivity index (χ1) is 9.47. The van der Waals surface area contributed by atoms with E-state index in [9.17, 15) is 9.59 Å². The molecule has 110 valence electrons. The normalized spacial score (nSPS) is 15.8. The van der Waals surface area contributed by atoms with Gasteiger partial charge in [-0.3, -0.25) is 4.79 Å². The molecule has 0 fully saturated rings. The Kier molecular flexibility index (Phi) is 4.81. The van der Waals surface area contributed by atoms with Gasteiger partial charge in [-0.2, -0.15) is 0 Å². The zero-order valence-corrected chi connectivity index (χ0v) is 12.8. The third kappa shape index (κ3) is 3.60. The van der Waals surface area contributed by atoms with E-state index in [0.29, 0.717) is 11.3 Å². The summed E-state index contributed by atoms with van der Waals surface area (Å²) >= 11 is 1.51. The van der Waals surface area contributed by atoms with Gasteiger partial charge in [0, 0.05) is 4.88 Å². The van der Waals surface area contributed by atoms with E-state index in [-0.39, 0.29) is 11.8 Å². The second-order valence-corrected chi connectivity index (χ2v) is 6.90. The summed E-state index contributed by atoms with van der Waals surface area (Å²) in [6, 6.07) is 1.13. The number of carbonyl (C=O) groups excluding carboxylic acids is 1. The van der Waals surface area contributed by atoms with E-state index in [4.69, 9.17) is 5.11 Å². The van der Waals surface area contributed by atoms with Crippen LogP contribution in [0.5, 0.6) is 0 Å². The van der Waals surface area contributed by atoms with E-state index in [1.165, 1.54) is 34.6 Å². The van der Waals surface area contributed by atoms with Gasteiger partial charge in [-0.05, 0) is 49.7 Å². The molecule has 2 rings (SSSR count). The van der Waals surface area contributed by atoms with Crippen LogP contribution in [0.4, 0.5) is 0 Å². The number of nitrogens with one attached hydrogen (secondary N) is 1. The summed E-state index contributed by atoms with van der Waals surface area (Å²) in [5, 5.41) is 11.8. The first-order valence-corrected chi connectivity index (χ1v) is 7.94. The number of rotatable bonds is 5. The van der Waals surface area contributed by atoms with Gasteiger partial charge in [0.05, 0.1) is 4.88 Å². The van der Waals surface area contributed by atoms with Crippen molar-refractivity contribution in [2.24, 2.45) is 5.92 Å². The number of aliphatic carboxylic acids is 1. The Morgan fingerprint density at radius 1 is 1.35 bits per heavy atom. The SMILES string of the molecule is CC(C)CC(NC(=O)c1cc2c(s1)CCCC2)C(=O)O. The first-order valence-electron chi connectivity index (χ1n) is 7.12. The average molecular weight is 295 g/mol. The molecule has 0 spiro atoms. The molecule has 1 heterocycles. The lowest BCUT2D eigenvalue weighted by atomic mass is 9.99. The van der Waals surface area contributed by atoms with Gasteiger partial charge in [-0.1, -0.05) is 13.8 Å². The van der Waals surface area contributed by atoms with Crippen molar-refractivity contribution < 1.29 is 14.7 Å². The molecular weight excluding hydrogens is 274 g/mol. The maximum Gasteiger partial charge on any atom is 0.326 e. The first kappa shape index (κ1) is 15.0. The highest BCUT2D eigenvalue weighted by Crippen LogP contribution is 2.29. The van der Waals surface area contributed by atoms with E-state index in [1.807, 2.05) is 19.9 Å². The van der Waals surface area contributed by atoms with Gasteiger partial charge in [0.1, 0.15) is 6.04 Å². The van der Waals surface area contributed by atoms with Gasteiger partial charge >= 0.3 is 5.97 Å². The van der Waals surface area contributed by atoms with Gasteiger partial charge in [0.25, 0.3) is 5.91 Å². The molecule has 0 radical (unpaired) electrons. The standard InChI is InChI=1S/C15H21NO3S/c1-9(2)7-11(15(18)19)16-14(17)13-8-10-5-3-4-6-12(10)20-13/h8-9,11H,3-7H2,1-2H3,(H,16,17)(H,18,19). The van der Waals surface area contributed by atoms with E-state index in [2.05, 4.69) is 5.32 Å². The number of carboxylic acid groups (broad SMARTS) is 1. The lowest BCUT2D eigenvalue weighted by Crippen LogP contribution is -2.41. The average Bonchev–Trinajstić information content (AvgIpc) is 2.81. The highest BCUT2D eigenvalue weighted by Gasteiger charge is 2.24. The second-order valence-electron chi connectivity index (χ2n) is 5.76. The maximum absolute atomic E-state index is 12.2. The highest BCUT2D eigenvalue weighted by atomic mass is 32.1. The number of carboxylic acids is 1. The molecule has 1 atom stereocenters. The van der Waals surface area contributed by atoms with Crippen LogP contribution in [0.2, 0.25) is 0 Å². The molecule has 20 heavy (non-hydrogen) atoms. The fourth-order valence-corrected chi connectivity index (χ4v) is 3.68. The molecule has 0 saturated carbocycles. The quantitative estimate of drug-likeness (QED) is 0.878. The van der Waals surface area contributed by atoms with Crippen LogP contribution in [-0.4, -0.2) is 23.0 Å². The van der Waals surface area contributed by atoms with Crippen molar-refractivity contribution in [3.8, 4) is 0 Å². The van der Waals surface area contributed by atoms with E-state index >= 15 is 0 Å². The fourth-order valence-electron chi connectivity index (χ4n) is 2.52. The number of aryl methyl sites for hydroxylation is 2. The number of carbonyl (C=O) groups is 2. The number of thiophene rings is 1. The Bertz CT molecular complexity index is 484. The number of hydrogen-bond donors (Lipinski definition) is 2. The Balaban J connectivity index is 2.06. The Hall–Kier alpha value is -1.36. The van der Waals surface area contributed by atoms with Crippen molar-refractivity contribution in [2.75, 3.05) is 0 Å². The van der Waals surface area contributed by atoms with Crippen LogP contribution < -0.4 is 5.32 Å². The van der Waals surface area contributed by atoms with Crippen molar-refractivity contribution in [1.82, 2.24) is 5.32 Å². The molecule has 0 saturated heterocycles. The Labute approximate surface area is 123 Å². The van der Waals surface area contributed by atoms with Gasteiger partial charge in [-0.15, -0.1) is 11.3 Å². The molecule has 1 aliphatic rings. The summed E-state index contributed by atoms with van der Waals surface area (Å²) in [6.07, 6.45) is 4.89. The summed E-state index contributed by atoms with van der Waals surface area (Å²) in [7, 11) is 0. The van der Waals surface area contributed by atoms with Crippen molar-refractivity contribution in [3.63, 3.8) is 0 Å². The van der Waals surface area contributed by atoms with Crippen molar-refractivity contribution in [3.05, 3.63) is 21.4 Å². The molecule has 0 bridgehead atoms. The number of amides is 1. The minimum absolute atomic E-state index is 0.230. The van der Waals surface area contributed by atoms with Crippen LogP contribution in [0.25, 0.3) is 0 Å². The fraction of sp³-hybridized carbons (Fsp3) is 0.600. The van der Waals surface area contributed by atoms with E-state index in [1.54, 1.807) is 0 Å². The van der Waals surface area contributed by atoms with Crippen molar-refractivity contribution in [1.29, 1.82) is 0 Å². The highest BCUT2D eigenvalue weighted by molar-refractivity contribution is 7.14. The summed E-state index contributed by atoms with van der Waals surface area (Å²) < 4.78 is 0. The predicted octanol–water partition coefficient (Wildman–Crippen LogP) is 2.86. The van der Waals surface area contributed by atoms with E-state index in [0.717, 1.165) is 12.8 Å². The van der Waals surface area contributed by atoms with Gasteiger partial charge in [0.15, 0.2) is 0 Å². The van der Waals surface area contributed by atoms with Crippen molar-refractivity contribution >= 4 is 23.2 Å². The molecule has 5 heteroatoms. The molecule has 1 aromatic rings. The van der Waals surface area contributed by atoms with Crippen LogP contribution in [0.3, 0.4) is 0 Å². The van der Waals surface area contributed by atoms with Crippen LogP contribution in [0.15, 0.2) is 6.07 Å². The maximum atomic E-state index is 12.2. The lowest BCUT2D eigenvalue weighted by Gasteiger charge is -2.15. The Morgan fingerprint density at radius 3 is 2.65 bits per heavy atom. The summed E-state index contributed by atoms with van der Waals surface area (Å²) in [5.74, 6) is -0.987. The van der Waals surface area contributed by atoms with Gasteiger partial charge in [-0.25, -0.2) is 4.79 Å². The molecule has 1 aliphatic carbocycles. The summed E-state index contributed by atoms with van der Waals surface area (Å²) in [4.78, 5) is 25.3. The van der Waals surface area contributed by atoms with Crippen molar-refractivity contribution in [2.45, 2.75) is 52.0 Å². The summed E-state index contributed by atoms with van der Waals surface area (Å²) in [5.41, 5.74) is 1.27. The second kappa shape index (κ2) is 6.39. The molecule has 2 N–H and O–H groups in total. The molecule has 1 unspecified atom stereocenters. The zero-order valence-electron chi connectivity index (χ0n) is 11.9. The van der Waals surface area contributed by atoms with E-state index < -0.39 is 12.0 Å². The Morgan fingerprint density at radius 2 is 2.05 bits per heavy atom. The number of fused-ring (bicyclic) bond motifs is 1. The van der Waals surface area contributed by atoms with Crippen LogP contribution in [0.1, 0.15) is 53.2 Å². The molecular formula is C15H21NO3S. The molecule has 4 nitrogen and oxygen atoms in total. The third-order valence-electron chi connectivity index (χ3n) is 3.53. The molecule has 1 amide bonds. The van der Waals surface area contributed by atoms with Crippen LogP contribution >= 0.6 is 11.3 Å². The largest absolute Gasteiger partial charge is 0.480 e. The predicted molar refractivity (Wildman–Crippen MR) is 79.3 cm³/mol. The van der Waals surface area contributed by atoms with Crippen LogP contribution in [0, 0.1) is 5.92 Å². The lowest BCUT2D eigenvalue weighted by molar-refractivity contribution is -0.139. The van der Waals surface area contributed by atoms with Crippen LogP contribution in [-0.2, 0) is 17.6 Å². The summed E-state index contributed by atoms with van der Waals surface area (Å²) in [6.45, 7) is 3.90. The third-order valence-corrected chi connectivity index (χ3v) is 4.77. The van der Waals surface area contributed by atoms with Gasteiger partial charge < -0.3 is 10.4 Å². The monoisotopic (exact) mass is 295 g/mol. The minimum atomic E-state index is -0.964. The van der Waals surface area contributed by atoms with Gasteiger partial charge in [0.2, 0.25) is 0 Å².